The third-order valence-corrected chi connectivity index (χ3v) is 7.78. The molecule has 0 atom stereocenters. The first-order chi connectivity index (χ1) is 21.1. The molecule has 2 aliphatic heterocycles. The Balaban J connectivity index is 1.45. The summed E-state index contributed by atoms with van der Waals surface area (Å²) in [6.07, 6.45) is 0. The number of hydrogen-bond acceptors (Lipinski definition) is 8. The van der Waals surface area contributed by atoms with Crippen molar-refractivity contribution in [1.82, 2.24) is 9.80 Å². The molecule has 3 aromatic rings. The van der Waals surface area contributed by atoms with E-state index in [-0.39, 0.29) is 17.7 Å². The first kappa shape index (κ1) is 30.5. The zero-order chi connectivity index (χ0) is 31.4. The van der Waals surface area contributed by atoms with Crippen molar-refractivity contribution in [3.8, 4) is 0 Å². The van der Waals surface area contributed by atoms with Gasteiger partial charge in [-0.05, 0) is 67.2 Å². The van der Waals surface area contributed by atoms with E-state index in [2.05, 4.69) is 32.8 Å². The molecule has 3 aromatic carbocycles. The number of methoxy groups -OCH3 is 1. The van der Waals surface area contributed by atoms with Crippen LogP contribution >= 0.6 is 0 Å². The van der Waals surface area contributed by atoms with E-state index in [1.165, 1.54) is 14.0 Å². The molecule has 0 aliphatic carbocycles. The van der Waals surface area contributed by atoms with Gasteiger partial charge in [-0.1, -0.05) is 12.1 Å². The zero-order valence-corrected chi connectivity index (χ0v) is 25.3. The van der Waals surface area contributed by atoms with Gasteiger partial charge in [-0.15, -0.1) is 0 Å². The highest BCUT2D eigenvalue weighted by atomic mass is 16.5. The van der Waals surface area contributed by atoms with E-state index in [0.29, 0.717) is 51.6 Å². The largest absolute Gasteiger partial charge is 0.465 e. The summed E-state index contributed by atoms with van der Waals surface area (Å²) < 4.78 is 4.89. The van der Waals surface area contributed by atoms with E-state index in [1.54, 1.807) is 54.4 Å². The van der Waals surface area contributed by atoms with Crippen LogP contribution in [0, 0.1) is 0 Å². The average molecular weight is 597 g/mol. The van der Waals surface area contributed by atoms with Crippen molar-refractivity contribution < 1.29 is 23.9 Å². The van der Waals surface area contributed by atoms with Gasteiger partial charge in [0.25, 0.3) is 5.91 Å². The van der Waals surface area contributed by atoms with Gasteiger partial charge < -0.3 is 30.5 Å². The first-order valence-electron chi connectivity index (χ1n) is 14.3. The molecule has 1 fully saturated rings. The number of benzene rings is 3. The van der Waals surface area contributed by atoms with Gasteiger partial charge >= 0.3 is 5.97 Å². The van der Waals surface area contributed by atoms with Gasteiger partial charge in [0.15, 0.2) is 0 Å². The predicted molar refractivity (Wildman–Crippen MR) is 171 cm³/mol. The summed E-state index contributed by atoms with van der Waals surface area (Å²) >= 11 is 0. The highest BCUT2D eigenvalue weighted by molar-refractivity contribution is 6.37. The fourth-order valence-electron chi connectivity index (χ4n) is 5.22. The smallest absolute Gasteiger partial charge is 0.337 e. The minimum absolute atomic E-state index is 0.0120. The Labute approximate surface area is 256 Å². The van der Waals surface area contributed by atoms with Gasteiger partial charge in [-0.2, -0.15) is 0 Å². The molecule has 2 aliphatic rings. The fraction of sp³-hybridized carbons (Fsp3) is 0.273. The normalized spacial score (nSPS) is 16.0. The second-order valence-corrected chi connectivity index (χ2v) is 10.9. The highest BCUT2D eigenvalue weighted by Crippen LogP contribution is 2.38. The fourth-order valence-corrected chi connectivity index (χ4v) is 5.22. The number of carbonyl (C=O) groups excluding carboxylic acids is 4. The number of anilines is 4. The summed E-state index contributed by atoms with van der Waals surface area (Å²) in [7, 11) is 5.16. The number of esters is 1. The number of nitrogens with zero attached hydrogens (tertiary/aromatic N) is 3. The number of fused-ring (bicyclic) bond motifs is 1. The van der Waals surface area contributed by atoms with Gasteiger partial charge in [-0.25, -0.2) is 4.79 Å². The molecular weight excluding hydrogens is 560 g/mol. The van der Waals surface area contributed by atoms with Crippen molar-refractivity contribution in [2.75, 3.05) is 74.8 Å². The number of rotatable bonds is 8. The number of amides is 3. The molecule has 44 heavy (non-hydrogen) atoms. The molecule has 11 heteroatoms. The zero-order valence-electron chi connectivity index (χ0n) is 25.3. The monoisotopic (exact) mass is 596 g/mol. The molecule has 3 N–H and O–H groups in total. The van der Waals surface area contributed by atoms with Crippen LogP contribution in [0.4, 0.5) is 22.7 Å². The van der Waals surface area contributed by atoms with Crippen LogP contribution < -0.4 is 20.9 Å². The SMILES string of the molecule is COC(=O)c1ccc2c(c1)/C(=C(/Nc1ccc(N(C)C(=O)CN3CCN(C)CC3)cc1)c1ccc(NC(C)=O)cc1)C(=O)N2. The van der Waals surface area contributed by atoms with Crippen LogP contribution in [0.1, 0.15) is 28.4 Å². The number of piperazine rings is 1. The lowest BCUT2D eigenvalue weighted by Crippen LogP contribution is -2.48. The van der Waals surface area contributed by atoms with Crippen LogP contribution in [0.15, 0.2) is 66.7 Å². The third kappa shape index (κ3) is 6.80. The first-order valence-corrected chi connectivity index (χ1v) is 14.3. The van der Waals surface area contributed by atoms with Gasteiger partial charge in [0.05, 0.1) is 30.5 Å². The van der Waals surface area contributed by atoms with Crippen molar-refractivity contribution in [3.63, 3.8) is 0 Å². The molecule has 0 bridgehead atoms. The van der Waals surface area contributed by atoms with Crippen molar-refractivity contribution in [3.05, 3.63) is 83.4 Å². The van der Waals surface area contributed by atoms with Gasteiger partial charge in [0.2, 0.25) is 11.8 Å². The summed E-state index contributed by atoms with van der Waals surface area (Å²) in [6.45, 7) is 5.40. The molecule has 11 nitrogen and oxygen atoms in total. The maximum Gasteiger partial charge on any atom is 0.337 e. The summed E-state index contributed by atoms with van der Waals surface area (Å²) in [6, 6.07) is 19.4. The van der Waals surface area contributed by atoms with Gasteiger partial charge in [-0.3, -0.25) is 19.3 Å². The summed E-state index contributed by atoms with van der Waals surface area (Å²) in [5.74, 6) is -1.03. The molecule has 0 spiro atoms. The van der Waals surface area contributed by atoms with Gasteiger partial charge in [0.1, 0.15) is 0 Å². The van der Waals surface area contributed by atoms with E-state index < -0.39 is 5.97 Å². The number of ether oxygens (including phenoxy) is 1. The number of hydrogen-bond donors (Lipinski definition) is 3. The molecule has 2 heterocycles. The maximum absolute atomic E-state index is 13.4. The van der Waals surface area contributed by atoms with Crippen LogP contribution in [0.25, 0.3) is 11.3 Å². The molecule has 0 radical (unpaired) electrons. The second-order valence-electron chi connectivity index (χ2n) is 10.9. The Morgan fingerprint density at radius 1 is 0.886 bits per heavy atom. The van der Waals surface area contributed by atoms with Crippen LogP contribution in [-0.2, 0) is 19.1 Å². The molecule has 0 aromatic heterocycles. The Morgan fingerprint density at radius 3 is 2.14 bits per heavy atom. The van der Waals surface area contributed by atoms with Crippen molar-refractivity contribution in [2.24, 2.45) is 0 Å². The number of nitrogens with one attached hydrogen (secondary N) is 3. The van der Waals surface area contributed by atoms with Crippen molar-refractivity contribution in [1.29, 1.82) is 0 Å². The lowest BCUT2D eigenvalue weighted by Gasteiger charge is -2.32. The molecule has 0 unspecified atom stereocenters. The van der Waals surface area contributed by atoms with E-state index in [4.69, 9.17) is 4.74 Å². The van der Waals surface area contributed by atoms with E-state index >= 15 is 0 Å². The summed E-state index contributed by atoms with van der Waals surface area (Å²) in [5, 5.41) is 9.03. The number of likely N-dealkylation sites (N-methyl/N-ethyl adjacent to an activating group) is 2. The van der Waals surface area contributed by atoms with Crippen LogP contribution in [0.3, 0.4) is 0 Å². The standard InChI is InChI=1S/C33H36N6O5/c1-21(40)34-24-8-5-22(6-9-24)31(30-27-19-23(33(43)44-4)7-14-28(27)36-32(30)42)35-25-10-12-26(13-11-25)38(3)29(41)20-39-17-15-37(2)16-18-39/h5-14,19,35H,15-18,20H2,1-4H3,(H,34,40)(H,36,42)/b31-30-. The lowest BCUT2D eigenvalue weighted by molar-refractivity contribution is -0.120. The molecule has 1 saturated heterocycles. The molecule has 228 valence electrons. The van der Waals surface area contributed by atoms with E-state index in [0.717, 1.165) is 31.9 Å². The van der Waals surface area contributed by atoms with Crippen LogP contribution in [0.2, 0.25) is 0 Å². The average Bonchev–Trinajstić information content (AvgIpc) is 3.35. The number of carbonyl (C=O) groups is 4. The Hall–Kier alpha value is -5.00. The molecule has 5 rings (SSSR count). The van der Waals surface area contributed by atoms with E-state index in [1.807, 2.05) is 24.3 Å². The quantitative estimate of drug-likeness (QED) is 0.267. The van der Waals surface area contributed by atoms with Crippen LogP contribution in [0.5, 0.6) is 0 Å². The Kier molecular flexibility index (Phi) is 9.07. The lowest BCUT2D eigenvalue weighted by atomic mass is 9.98. The molecule has 3 amide bonds. The summed E-state index contributed by atoms with van der Waals surface area (Å²) in [5.41, 5.74) is 5.02. The molecular formula is C33H36N6O5. The van der Waals surface area contributed by atoms with Crippen molar-refractivity contribution >= 4 is 57.7 Å². The minimum Gasteiger partial charge on any atom is -0.465 e. The van der Waals surface area contributed by atoms with Gasteiger partial charge in [0, 0.05) is 68.5 Å². The Morgan fingerprint density at radius 2 is 1.50 bits per heavy atom. The summed E-state index contributed by atoms with van der Waals surface area (Å²) in [4.78, 5) is 56.3. The topological polar surface area (TPSA) is 123 Å². The highest BCUT2D eigenvalue weighted by Gasteiger charge is 2.30. The molecule has 0 saturated carbocycles. The minimum atomic E-state index is -0.512. The second kappa shape index (κ2) is 13.1. The van der Waals surface area contributed by atoms with E-state index in [9.17, 15) is 19.2 Å². The predicted octanol–water partition coefficient (Wildman–Crippen LogP) is 3.57. The van der Waals surface area contributed by atoms with Crippen LogP contribution in [-0.4, -0.2) is 87.4 Å². The maximum atomic E-state index is 13.4. The third-order valence-electron chi connectivity index (χ3n) is 7.78. The van der Waals surface area contributed by atoms with Crippen molar-refractivity contribution in [2.45, 2.75) is 6.92 Å². The Bertz CT molecular complexity index is 1610.